The summed E-state index contributed by atoms with van der Waals surface area (Å²) >= 11 is 6.02. The molecule has 0 aliphatic rings. The van der Waals surface area contributed by atoms with E-state index < -0.39 is 0 Å². The molecule has 0 spiro atoms. The number of halogens is 1. The highest BCUT2D eigenvalue weighted by Gasteiger charge is 2.11. The lowest BCUT2D eigenvalue weighted by Gasteiger charge is -2.26. The zero-order valence-corrected chi connectivity index (χ0v) is 11.7. The molecule has 1 rings (SSSR count). The number of hydrogen-bond acceptors (Lipinski definition) is 4. The lowest BCUT2D eigenvalue weighted by molar-refractivity contribution is 0.203. The Kier molecular flexibility index (Phi) is 7.05. The average molecular weight is 273 g/mol. The van der Waals surface area contributed by atoms with Crippen LogP contribution in [0.3, 0.4) is 0 Å². The van der Waals surface area contributed by atoms with Crippen molar-refractivity contribution in [3.05, 3.63) is 28.8 Å². The van der Waals surface area contributed by atoms with Gasteiger partial charge in [0.15, 0.2) is 0 Å². The first-order chi connectivity index (χ1) is 8.72. The summed E-state index contributed by atoms with van der Waals surface area (Å²) < 4.78 is 5.10. The van der Waals surface area contributed by atoms with Gasteiger partial charge in [-0.2, -0.15) is 0 Å². The molecule has 0 atom stereocenters. The van der Waals surface area contributed by atoms with Crippen LogP contribution in [0.1, 0.15) is 5.56 Å². The van der Waals surface area contributed by atoms with Gasteiger partial charge in [0.2, 0.25) is 0 Å². The van der Waals surface area contributed by atoms with Gasteiger partial charge in [0.25, 0.3) is 0 Å². The number of methoxy groups -OCH3 is 1. The number of aliphatic hydroxyl groups excluding tert-OH is 1. The van der Waals surface area contributed by atoms with Crippen LogP contribution in [0.2, 0.25) is 5.02 Å². The minimum absolute atomic E-state index is 0.116. The zero-order chi connectivity index (χ0) is 13.4. The van der Waals surface area contributed by atoms with Gasteiger partial charge in [-0.05, 0) is 30.8 Å². The molecule has 0 bridgehead atoms. The summed E-state index contributed by atoms with van der Waals surface area (Å²) in [6.07, 6.45) is 0. The predicted molar refractivity (Wildman–Crippen MR) is 75.4 cm³/mol. The van der Waals surface area contributed by atoms with E-state index in [0.29, 0.717) is 13.2 Å². The van der Waals surface area contributed by atoms with Gasteiger partial charge in [0.1, 0.15) is 0 Å². The van der Waals surface area contributed by atoms with Crippen LogP contribution in [-0.4, -0.2) is 45.6 Å². The standard InChI is InChI=1S/C13H21ClN2O2/c1-15-10-11-9-12(14)3-4-13(11)16(5-7-17)6-8-18-2/h3-4,9,15,17H,5-8,10H2,1-2H3. The van der Waals surface area contributed by atoms with E-state index in [-0.39, 0.29) is 6.61 Å². The minimum Gasteiger partial charge on any atom is -0.395 e. The Morgan fingerprint density at radius 3 is 2.78 bits per heavy atom. The van der Waals surface area contributed by atoms with Crippen LogP contribution in [0.4, 0.5) is 5.69 Å². The summed E-state index contributed by atoms with van der Waals surface area (Å²) in [7, 11) is 3.57. The van der Waals surface area contributed by atoms with Crippen LogP contribution in [0.5, 0.6) is 0 Å². The van der Waals surface area contributed by atoms with Crippen molar-refractivity contribution >= 4 is 17.3 Å². The first-order valence-electron chi connectivity index (χ1n) is 6.00. The summed E-state index contributed by atoms with van der Waals surface area (Å²) in [4.78, 5) is 2.10. The highest BCUT2D eigenvalue weighted by molar-refractivity contribution is 6.30. The number of hydrogen-bond donors (Lipinski definition) is 2. The lowest BCUT2D eigenvalue weighted by atomic mass is 10.1. The number of rotatable bonds is 8. The van der Waals surface area contributed by atoms with Crippen LogP contribution in [0, 0.1) is 0 Å². The average Bonchev–Trinajstić information content (AvgIpc) is 2.36. The summed E-state index contributed by atoms with van der Waals surface area (Å²) in [5.41, 5.74) is 2.20. The molecule has 4 nitrogen and oxygen atoms in total. The molecule has 1 aromatic carbocycles. The van der Waals surface area contributed by atoms with E-state index in [1.54, 1.807) is 7.11 Å². The van der Waals surface area contributed by atoms with E-state index in [1.807, 2.05) is 25.2 Å². The Hall–Kier alpha value is -0.810. The molecule has 0 heterocycles. The second kappa shape index (κ2) is 8.32. The Morgan fingerprint density at radius 2 is 2.17 bits per heavy atom. The molecule has 0 radical (unpaired) electrons. The molecular weight excluding hydrogens is 252 g/mol. The molecular formula is C13H21ClN2O2. The second-order valence-corrected chi connectivity index (χ2v) is 4.44. The van der Waals surface area contributed by atoms with Crippen molar-refractivity contribution in [3.8, 4) is 0 Å². The summed E-state index contributed by atoms with van der Waals surface area (Å²) in [6, 6.07) is 5.80. The quantitative estimate of drug-likeness (QED) is 0.753. The lowest BCUT2D eigenvalue weighted by Crippen LogP contribution is -2.31. The fourth-order valence-corrected chi connectivity index (χ4v) is 2.06. The van der Waals surface area contributed by atoms with E-state index in [1.165, 1.54) is 0 Å². The van der Waals surface area contributed by atoms with Gasteiger partial charge in [-0.1, -0.05) is 11.6 Å². The molecule has 0 unspecified atom stereocenters. The van der Waals surface area contributed by atoms with Crippen LogP contribution in [0.15, 0.2) is 18.2 Å². The van der Waals surface area contributed by atoms with Gasteiger partial charge in [-0.25, -0.2) is 0 Å². The fraction of sp³-hybridized carbons (Fsp3) is 0.538. The number of aliphatic hydroxyl groups is 1. The van der Waals surface area contributed by atoms with E-state index in [4.69, 9.17) is 21.4 Å². The Morgan fingerprint density at radius 1 is 1.39 bits per heavy atom. The topological polar surface area (TPSA) is 44.7 Å². The Balaban J connectivity index is 2.93. The maximum Gasteiger partial charge on any atom is 0.0637 e. The van der Waals surface area contributed by atoms with E-state index in [9.17, 15) is 0 Å². The molecule has 5 heteroatoms. The number of nitrogens with one attached hydrogen (secondary N) is 1. The third-order valence-corrected chi connectivity index (χ3v) is 2.92. The number of benzene rings is 1. The molecule has 0 fully saturated rings. The molecule has 2 N–H and O–H groups in total. The second-order valence-electron chi connectivity index (χ2n) is 4.01. The van der Waals surface area contributed by atoms with Crippen molar-refractivity contribution < 1.29 is 9.84 Å². The molecule has 102 valence electrons. The van der Waals surface area contributed by atoms with Crippen LogP contribution in [0.25, 0.3) is 0 Å². The Bertz CT molecular complexity index is 361. The highest BCUT2D eigenvalue weighted by atomic mass is 35.5. The van der Waals surface area contributed by atoms with Crippen LogP contribution < -0.4 is 10.2 Å². The monoisotopic (exact) mass is 272 g/mol. The number of nitrogens with zero attached hydrogens (tertiary/aromatic N) is 1. The molecule has 0 aromatic heterocycles. The molecule has 0 saturated carbocycles. The molecule has 1 aromatic rings. The molecule has 0 aliphatic carbocycles. The minimum atomic E-state index is 0.116. The SMILES string of the molecule is CNCc1cc(Cl)ccc1N(CCO)CCOC. The third kappa shape index (κ3) is 4.46. The summed E-state index contributed by atoms with van der Waals surface area (Å²) in [5.74, 6) is 0. The predicted octanol–water partition coefficient (Wildman–Crippen LogP) is 1.50. The van der Waals surface area contributed by atoms with Crippen LogP contribution in [-0.2, 0) is 11.3 Å². The fourth-order valence-electron chi connectivity index (χ4n) is 1.87. The first kappa shape index (κ1) is 15.2. The summed E-state index contributed by atoms with van der Waals surface area (Å²) in [5, 5.41) is 13.0. The zero-order valence-electron chi connectivity index (χ0n) is 10.9. The van der Waals surface area contributed by atoms with Crippen molar-refractivity contribution in [3.63, 3.8) is 0 Å². The van der Waals surface area contributed by atoms with Gasteiger partial charge >= 0.3 is 0 Å². The maximum absolute atomic E-state index is 9.15. The number of anilines is 1. The van der Waals surface area contributed by atoms with E-state index in [0.717, 1.165) is 29.4 Å². The largest absolute Gasteiger partial charge is 0.395 e. The first-order valence-corrected chi connectivity index (χ1v) is 6.38. The molecule has 0 amide bonds. The number of ether oxygens (including phenoxy) is 1. The highest BCUT2D eigenvalue weighted by Crippen LogP contribution is 2.24. The van der Waals surface area contributed by atoms with Crippen molar-refractivity contribution in [1.82, 2.24) is 5.32 Å². The third-order valence-electron chi connectivity index (χ3n) is 2.68. The van der Waals surface area contributed by atoms with Crippen molar-refractivity contribution in [1.29, 1.82) is 0 Å². The van der Waals surface area contributed by atoms with Crippen molar-refractivity contribution in [2.75, 3.05) is 45.4 Å². The van der Waals surface area contributed by atoms with Gasteiger partial charge in [-0.15, -0.1) is 0 Å². The molecule has 18 heavy (non-hydrogen) atoms. The van der Waals surface area contributed by atoms with Crippen LogP contribution >= 0.6 is 11.6 Å². The van der Waals surface area contributed by atoms with Gasteiger partial charge in [-0.3, -0.25) is 0 Å². The molecule has 0 saturated heterocycles. The van der Waals surface area contributed by atoms with Crippen molar-refractivity contribution in [2.24, 2.45) is 0 Å². The molecule has 0 aliphatic heterocycles. The maximum atomic E-state index is 9.15. The van der Waals surface area contributed by atoms with Gasteiger partial charge < -0.3 is 20.1 Å². The van der Waals surface area contributed by atoms with E-state index in [2.05, 4.69) is 10.2 Å². The van der Waals surface area contributed by atoms with Gasteiger partial charge in [0, 0.05) is 37.5 Å². The smallest absolute Gasteiger partial charge is 0.0637 e. The summed E-state index contributed by atoms with van der Waals surface area (Å²) in [6.45, 7) is 2.81. The normalized spacial score (nSPS) is 10.7. The van der Waals surface area contributed by atoms with E-state index >= 15 is 0 Å². The van der Waals surface area contributed by atoms with Crippen molar-refractivity contribution in [2.45, 2.75) is 6.54 Å². The Labute approximate surface area is 114 Å². The van der Waals surface area contributed by atoms with Gasteiger partial charge in [0.05, 0.1) is 13.2 Å².